The van der Waals surface area contributed by atoms with Gasteiger partial charge in [0.05, 0.1) is 18.8 Å². The lowest BCUT2D eigenvalue weighted by atomic mass is 10.0. The standard InChI is InChI=1S/C19H21F3N2O2/c1-4-15(12-5-7-13(26-3)8-6-12)23-11(2)19(25)24-16-10-9-14(20)17(21)18(16)22/h5-11,15,23H,4H2,1-3H3,(H,24,25)/t11-,15-/m1/s1. The van der Waals surface area contributed by atoms with Crippen LogP contribution >= 0.6 is 0 Å². The van der Waals surface area contributed by atoms with E-state index in [1.54, 1.807) is 14.0 Å². The molecule has 26 heavy (non-hydrogen) atoms. The van der Waals surface area contributed by atoms with Gasteiger partial charge >= 0.3 is 0 Å². The summed E-state index contributed by atoms with van der Waals surface area (Å²) >= 11 is 0. The van der Waals surface area contributed by atoms with Gasteiger partial charge in [0, 0.05) is 6.04 Å². The third-order valence-electron chi connectivity index (χ3n) is 4.06. The highest BCUT2D eigenvalue weighted by Crippen LogP contribution is 2.22. The topological polar surface area (TPSA) is 50.4 Å². The highest BCUT2D eigenvalue weighted by Gasteiger charge is 2.21. The van der Waals surface area contributed by atoms with E-state index >= 15 is 0 Å². The van der Waals surface area contributed by atoms with E-state index in [9.17, 15) is 18.0 Å². The zero-order chi connectivity index (χ0) is 19.3. The molecule has 0 aliphatic rings. The summed E-state index contributed by atoms with van der Waals surface area (Å²) in [5, 5.41) is 5.42. The Bertz CT molecular complexity index is 766. The molecule has 2 aromatic rings. The number of methoxy groups -OCH3 is 1. The highest BCUT2D eigenvalue weighted by atomic mass is 19.2. The van der Waals surface area contributed by atoms with Crippen molar-refractivity contribution >= 4 is 11.6 Å². The second-order valence-electron chi connectivity index (χ2n) is 5.83. The van der Waals surface area contributed by atoms with Crippen LogP contribution in [0.2, 0.25) is 0 Å². The number of hydrogen-bond acceptors (Lipinski definition) is 3. The molecule has 2 atom stereocenters. The molecule has 0 spiro atoms. The van der Waals surface area contributed by atoms with Gasteiger partial charge in [-0.15, -0.1) is 0 Å². The molecule has 0 bridgehead atoms. The lowest BCUT2D eigenvalue weighted by molar-refractivity contribution is -0.118. The number of carbonyl (C=O) groups is 1. The minimum Gasteiger partial charge on any atom is -0.497 e. The molecule has 0 fully saturated rings. The van der Waals surface area contributed by atoms with E-state index in [2.05, 4.69) is 10.6 Å². The van der Waals surface area contributed by atoms with E-state index in [0.29, 0.717) is 6.42 Å². The number of nitrogens with one attached hydrogen (secondary N) is 2. The van der Waals surface area contributed by atoms with Crippen LogP contribution in [0.3, 0.4) is 0 Å². The van der Waals surface area contributed by atoms with Gasteiger partial charge in [0.25, 0.3) is 0 Å². The van der Waals surface area contributed by atoms with Gasteiger partial charge in [-0.05, 0) is 43.2 Å². The molecule has 0 saturated carbocycles. The Morgan fingerprint density at radius 1 is 1.08 bits per heavy atom. The summed E-state index contributed by atoms with van der Waals surface area (Å²) in [4.78, 5) is 12.3. The predicted molar refractivity (Wildman–Crippen MR) is 93.6 cm³/mol. The number of benzene rings is 2. The molecule has 1 amide bonds. The van der Waals surface area contributed by atoms with Crippen LogP contribution in [-0.2, 0) is 4.79 Å². The molecule has 0 heterocycles. The molecule has 140 valence electrons. The van der Waals surface area contributed by atoms with Crippen molar-refractivity contribution in [1.82, 2.24) is 5.32 Å². The highest BCUT2D eigenvalue weighted by molar-refractivity contribution is 5.94. The molecule has 0 saturated heterocycles. The molecule has 0 aromatic heterocycles. The average Bonchev–Trinajstić information content (AvgIpc) is 2.66. The van der Waals surface area contributed by atoms with Crippen molar-refractivity contribution in [1.29, 1.82) is 0 Å². The molecule has 7 heteroatoms. The molecule has 0 unspecified atom stereocenters. The summed E-state index contributed by atoms with van der Waals surface area (Å²) in [6.07, 6.45) is 0.712. The lowest BCUT2D eigenvalue weighted by Gasteiger charge is -2.22. The Hall–Kier alpha value is -2.54. The van der Waals surface area contributed by atoms with Crippen molar-refractivity contribution in [3.8, 4) is 5.75 Å². The number of ether oxygens (including phenoxy) is 1. The fourth-order valence-electron chi connectivity index (χ4n) is 2.53. The maximum atomic E-state index is 13.7. The van der Waals surface area contributed by atoms with E-state index in [1.807, 2.05) is 31.2 Å². The van der Waals surface area contributed by atoms with Crippen LogP contribution in [0.15, 0.2) is 36.4 Å². The molecule has 0 aliphatic heterocycles. The van der Waals surface area contributed by atoms with Gasteiger partial charge in [-0.1, -0.05) is 19.1 Å². The minimum absolute atomic E-state index is 0.114. The Labute approximate surface area is 150 Å². The van der Waals surface area contributed by atoms with Gasteiger partial charge in [-0.2, -0.15) is 0 Å². The lowest BCUT2D eigenvalue weighted by Crippen LogP contribution is -2.40. The van der Waals surface area contributed by atoms with Crippen molar-refractivity contribution < 1.29 is 22.7 Å². The van der Waals surface area contributed by atoms with Gasteiger partial charge < -0.3 is 10.1 Å². The molecule has 2 rings (SSSR count). The zero-order valence-electron chi connectivity index (χ0n) is 14.8. The Balaban J connectivity index is 2.06. The smallest absolute Gasteiger partial charge is 0.241 e. The number of carbonyl (C=O) groups excluding carboxylic acids is 1. The van der Waals surface area contributed by atoms with Gasteiger partial charge in [0.1, 0.15) is 5.75 Å². The minimum atomic E-state index is -1.62. The normalized spacial score (nSPS) is 13.2. The molecule has 2 N–H and O–H groups in total. The summed E-state index contributed by atoms with van der Waals surface area (Å²) in [7, 11) is 1.58. The van der Waals surface area contributed by atoms with Crippen LogP contribution in [0, 0.1) is 17.5 Å². The Morgan fingerprint density at radius 3 is 2.31 bits per heavy atom. The zero-order valence-corrected chi connectivity index (χ0v) is 14.8. The van der Waals surface area contributed by atoms with E-state index in [1.165, 1.54) is 0 Å². The first-order valence-corrected chi connectivity index (χ1v) is 8.21. The van der Waals surface area contributed by atoms with Gasteiger partial charge in [0.15, 0.2) is 17.5 Å². The van der Waals surface area contributed by atoms with Crippen LogP contribution in [0.4, 0.5) is 18.9 Å². The summed E-state index contributed by atoms with van der Waals surface area (Å²) in [5.41, 5.74) is 0.562. The van der Waals surface area contributed by atoms with Crippen LogP contribution in [0.25, 0.3) is 0 Å². The maximum absolute atomic E-state index is 13.7. The third-order valence-corrected chi connectivity index (χ3v) is 4.06. The van der Waals surface area contributed by atoms with Crippen molar-refractivity contribution in [2.24, 2.45) is 0 Å². The van der Waals surface area contributed by atoms with Crippen molar-refractivity contribution in [2.45, 2.75) is 32.4 Å². The molecule has 2 aromatic carbocycles. The number of anilines is 1. The molecule has 0 aliphatic carbocycles. The van der Waals surface area contributed by atoms with Crippen LogP contribution in [0.1, 0.15) is 31.9 Å². The second kappa shape index (κ2) is 8.71. The van der Waals surface area contributed by atoms with Gasteiger partial charge in [-0.25, -0.2) is 13.2 Å². The van der Waals surface area contributed by atoms with Crippen molar-refractivity contribution in [3.05, 3.63) is 59.4 Å². The van der Waals surface area contributed by atoms with Gasteiger partial charge in [-0.3, -0.25) is 10.1 Å². The fourth-order valence-corrected chi connectivity index (χ4v) is 2.53. The van der Waals surface area contributed by atoms with Crippen molar-refractivity contribution in [3.63, 3.8) is 0 Å². The van der Waals surface area contributed by atoms with E-state index in [4.69, 9.17) is 4.74 Å². The monoisotopic (exact) mass is 366 g/mol. The fraction of sp³-hybridized carbons (Fsp3) is 0.316. The third kappa shape index (κ3) is 4.54. The number of amides is 1. The molecular weight excluding hydrogens is 345 g/mol. The second-order valence-corrected chi connectivity index (χ2v) is 5.83. The van der Waals surface area contributed by atoms with E-state index < -0.39 is 35.1 Å². The van der Waals surface area contributed by atoms with Gasteiger partial charge in [0.2, 0.25) is 5.91 Å². The largest absolute Gasteiger partial charge is 0.497 e. The Morgan fingerprint density at radius 2 is 1.73 bits per heavy atom. The van der Waals surface area contributed by atoms with Crippen molar-refractivity contribution in [2.75, 3.05) is 12.4 Å². The molecule has 4 nitrogen and oxygen atoms in total. The summed E-state index contributed by atoms with van der Waals surface area (Å²) in [5.74, 6) is -4.18. The predicted octanol–water partition coefficient (Wildman–Crippen LogP) is 4.18. The first-order chi connectivity index (χ1) is 12.4. The molecular formula is C19H21F3N2O2. The summed E-state index contributed by atoms with van der Waals surface area (Å²) < 4.78 is 45.0. The first-order valence-electron chi connectivity index (χ1n) is 8.21. The average molecular weight is 366 g/mol. The summed E-state index contributed by atoms with van der Waals surface area (Å²) in [6, 6.07) is 8.37. The van der Waals surface area contributed by atoms with Crippen LogP contribution in [0.5, 0.6) is 5.75 Å². The number of halogens is 3. The summed E-state index contributed by atoms with van der Waals surface area (Å²) in [6.45, 7) is 3.57. The SMILES string of the molecule is CC[C@@H](N[C@H](C)C(=O)Nc1ccc(F)c(F)c1F)c1ccc(OC)cc1. The maximum Gasteiger partial charge on any atom is 0.241 e. The number of hydrogen-bond donors (Lipinski definition) is 2. The van der Waals surface area contributed by atoms with E-state index in [-0.39, 0.29) is 6.04 Å². The number of rotatable bonds is 7. The quantitative estimate of drug-likeness (QED) is 0.723. The van der Waals surface area contributed by atoms with Crippen LogP contribution < -0.4 is 15.4 Å². The van der Waals surface area contributed by atoms with E-state index in [0.717, 1.165) is 23.4 Å². The first kappa shape index (κ1) is 19.8. The molecule has 0 radical (unpaired) electrons. The Kier molecular flexibility index (Phi) is 6.63. The van der Waals surface area contributed by atoms with Crippen LogP contribution in [-0.4, -0.2) is 19.1 Å².